The molecule has 4 nitrogen and oxygen atoms in total. The van der Waals surface area contributed by atoms with Gasteiger partial charge in [-0.2, -0.15) is 0 Å². The van der Waals surface area contributed by atoms with E-state index in [2.05, 4.69) is 0 Å². The van der Waals surface area contributed by atoms with Gasteiger partial charge in [0, 0.05) is 22.4 Å². The van der Waals surface area contributed by atoms with E-state index >= 15 is 0 Å². The summed E-state index contributed by atoms with van der Waals surface area (Å²) < 4.78 is -2.56. The fourth-order valence-electron chi connectivity index (χ4n) is 0.0552. The molecule has 0 aliphatic heterocycles. The molecule has 0 aromatic heterocycles. The molecule has 0 bridgehead atoms. The van der Waals surface area contributed by atoms with Crippen LogP contribution in [0.25, 0.3) is 0 Å². The molecule has 0 atom stereocenters. The molecule has 6 heteroatoms. The van der Waals surface area contributed by atoms with Crippen LogP contribution in [-0.2, 0) is 42.1 Å². The molecule has 0 aromatic carbocycles. The van der Waals surface area contributed by atoms with Gasteiger partial charge in [-0.3, -0.25) is 0 Å². The molecule has 1 radical (unpaired) electrons. The van der Waals surface area contributed by atoms with Crippen LogP contribution in [0.15, 0.2) is 0 Å². The third-order valence-corrected chi connectivity index (χ3v) is 0.763. The molecular weight excluding hydrogens is 304 g/mol. The summed E-state index contributed by atoms with van der Waals surface area (Å²) in [6, 6.07) is 0. The topological polar surface area (TPSA) is 74.6 Å². The van der Waals surface area contributed by atoms with Crippen molar-refractivity contribution in [3.8, 4) is 0 Å². The van der Waals surface area contributed by atoms with Gasteiger partial charge in [0.05, 0.1) is 0 Å². The zero-order valence-corrected chi connectivity index (χ0v) is 6.28. The summed E-state index contributed by atoms with van der Waals surface area (Å²) in [6.45, 7) is 0. The summed E-state index contributed by atoms with van der Waals surface area (Å²) >= 11 is -1.04. The molecule has 0 aromatic rings. The molecule has 0 heterocycles. The molecule has 0 aliphatic carbocycles. The van der Waals surface area contributed by atoms with Crippen LogP contribution in [-0.4, -0.2) is 18.6 Å². The van der Waals surface area contributed by atoms with Crippen molar-refractivity contribution in [1.29, 1.82) is 0 Å². The molecule has 0 unspecified atom stereocenters. The molecular formula is C2H2Ag2O4. The number of hydrogen-bond acceptors (Lipinski definition) is 2. The van der Waals surface area contributed by atoms with Gasteiger partial charge in [-0.1, -0.05) is 0 Å². The van der Waals surface area contributed by atoms with Crippen LogP contribution in [0.5, 0.6) is 0 Å². The summed E-state index contributed by atoms with van der Waals surface area (Å²) in [6.07, 6.45) is 0. The maximum absolute atomic E-state index is 9.44. The van der Waals surface area contributed by atoms with Crippen LogP contribution in [0.3, 0.4) is 0 Å². The van der Waals surface area contributed by atoms with Crippen molar-refractivity contribution in [2.45, 2.75) is 0 Å². The Balaban J connectivity index is 0. The zero-order valence-electron chi connectivity index (χ0n) is 3.31. The van der Waals surface area contributed by atoms with Crippen LogP contribution in [0.2, 0.25) is 0 Å². The summed E-state index contributed by atoms with van der Waals surface area (Å²) in [4.78, 5) is 18.9. The monoisotopic (exact) mass is 304 g/mol. The molecule has 0 aliphatic rings. The van der Waals surface area contributed by atoms with Crippen molar-refractivity contribution >= 4 is 8.37 Å². The van der Waals surface area contributed by atoms with E-state index in [1.807, 2.05) is 0 Å². The minimum Gasteiger partial charge on any atom is 0 e. The van der Waals surface area contributed by atoms with Gasteiger partial charge >= 0.3 is 47.9 Å². The molecule has 0 rings (SSSR count). The van der Waals surface area contributed by atoms with Gasteiger partial charge in [0.25, 0.3) is 0 Å². The van der Waals surface area contributed by atoms with E-state index in [1.54, 1.807) is 0 Å². The fourth-order valence-corrected chi connectivity index (χ4v) is 0.326. The second-order valence-electron chi connectivity index (χ2n) is 0.516. The average molecular weight is 306 g/mol. The Labute approximate surface area is 70.1 Å². The number of carboxylic acid groups (broad SMARTS) is 2. The van der Waals surface area contributed by atoms with Gasteiger partial charge in [-0.25, -0.2) is 0 Å². The number of rotatable bonds is 2. The Morgan fingerprint density at radius 2 is 1.38 bits per heavy atom. The summed E-state index contributed by atoms with van der Waals surface area (Å²) in [5, 5.41) is 15.4. The van der Waals surface area contributed by atoms with E-state index in [9.17, 15) is 9.59 Å². The Morgan fingerprint density at radius 1 is 1.12 bits per heavy atom. The van der Waals surface area contributed by atoms with Crippen molar-refractivity contribution in [3.63, 3.8) is 0 Å². The van der Waals surface area contributed by atoms with Gasteiger partial charge in [0.2, 0.25) is 0 Å². The summed E-state index contributed by atoms with van der Waals surface area (Å²) in [5.41, 5.74) is 0. The Morgan fingerprint density at radius 3 is 1.38 bits per heavy atom. The standard InChI is InChI=1S/2CHO2.2Ag/c2*2-1-3;;/h2*(H,2,3);;. The summed E-state index contributed by atoms with van der Waals surface area (Å²) in [5.74, 6) is 0. The van der Waals surface area contributed by atoms with Crippen LogP contribution < -0.4 is 0 Å². The first kappa shape index (κ1) is 11.2. The van der Waals surface area contributed by atoms with Crippen LogP contribution in [0.1, 0.15) is 0 Å². The third kappa shape index (κ3) is 9.65. The van der Waals surface area contributed by atoms with Gasteiger partial charge in [0.15, 0.2) is 0 Å². The quantitative estimate of drug-likeness (QED) is 0.725. The van der Waals surface area contributed by atoms with E-state index < -0.39 is 28.1 Å². The minimum absolute atomic E-state index is 0. The van der Waals surface area contributed by atoms with Gasteiger partial charge in [-0.05, 0) is 0 Å². The predicted molar refractivity (Wildman–Crippen MR) is 16.0 cm³/mol. The second-order valence-corrected chi connectivity index (χ2v) is 2.15. The van der Waals surface area contributed by atoms with E-state index in [0.29, 0.717) is 0 Å². The normalized spacial score (nSPS) is 7.50. The fraction of sp³-hybridized carbons (Fsp3) is 0. The van der Waals surface area contributed by atoms with E-state index in [-0.39, 0.29) is 22.4 Å². The molecule has 2 N–H and O–H groups in total. The van der Waals surface area contributed by atoms with Gasteiger partial charge in [-0.15, -0.1) is 0 Å². The first-order valence-corrected chi connectivity index (χ1v) is 2.64. The third-order valence-electron chi connectivity index (χ3n) is 0.129. The smallest absolute Gasteiger partial charge is 0 e. The van der Waals surface area contributed by atoms with Crippen molar-refractivity contribution < 1.29 is 61.9 Å². The second kappa shape index (κ2) is 5.56. The first-order chi connectivity index (χ1) is 3.13. The minimum atomic E-state index is -1.28. The van der Waals surface area contributed by atoms with Crippen molar-refractivity contribution in [3.05, 3.63) is 0 Å². The Bertz CT molecular complexity index is 88.2. The Kier molecular flexibility index (Phi) is 7.81. The molecule has 0 spiro atoms. The van der Waals surface area contributed by atoms with Crippen LogP contribution in [0, 0.1) is 0 Å². The molecule has 8 heavy (non-hydrogen) atoms. The van der Waals surface area contributed by atoms with Gasteiger partial charge in [0.1, 0.15) is 0 Å². The Hall–Kier alpha value is 0.421. The maximum atomic E-state index is 9.44. The maximum Gasteiger partial charge on any atom is 0 e. The van der Waals surface area contributed by atoms with Crippen LogP contribution >= 0.6 is 0 Å². The van der Waals surface area contributed by atoms with E-state index in [4.69, 9.17) is 10.2 Å². The zero-order chi connectivity index (χ0) is 5.86. The molecule has 0 amide bonds. The average Bonchev–Trinajstić information content (AvgIpc) is 1.27. The molecule has 0 saturated heterocycles. The van der Waals surface area contributed by atoms with E-state index in [0.717, 1.165) is 0 Å². The summed E-state index contributed by atoms with van der Waals surface area (Å²) in [7, 11) is 0. The van der Waals surface area contributed by atoms with Crippen molar-refractivity contribution in [2.75, 3.05) is 0 Å². The number of hydrogen-bond donors (Lipinski definition) is 2. The first-order valence-electron chi connectivity index (χ1n) is 1.16. The molecule has 56 valence electrons. The van der Waals surface area contributed by atoms with E-state index in [1.165, 1.54) is 0 Å². The largest absolute Gasteiger partial charge is 0 e. The van der Waals surface area contributed by atoms with Crippen molar-refractivity contribution in [2.24, 2.45) is 0 Å². The number of carbonyl (C=O) groups is 2. The predicted octanol–water partition coefficient (Wildman–Crippen LogP) is 0.422. The SMILES string of the molecule is O=[C](O)[Ag][C](=O)O.[Ag]. The van der Waals surface area contributed by atoms with Crippen LogP contribution in [0.4, 0.5) is 9.59 Å². The van der Waals surface area contributed by atoms with Crippen molar-refractivity contribution in [1.82, 2.24) is 0 Å². The molecule has 0 fully saturated rings. The van der Waals surface area contributed by atoms with Gasteiger partial charge < -0.3 is 0 Å². The molecule has 0 saturated carbocycles.